The Balaban J connectivity index is 1.93. The molecule has 0 spiro atoms. The second-order valence-corrected chi connectivity index (χ2v) is 6.58. The number of carboxylic acids is 1. The van der Waals surface area contributed by atoms with E-state index in [4.69, 9.17) is 0 Å². The van der Waals surface area contributed by atoms with Gasteiger partial charge in [-0.2, -0.15) is 0 Å². The summed E-state index contributed by atoms with van der Waals surface area (Å²) in [4.78, 5) is 11.8. The van der Waals surface area contributed by atoms with Crippen molar-refractivity contribution in [2.45, 2.75) is 49.7 Å². The summed E-state index contributed by atoms with van der Waals surface area (Å²) in [5.74, 6) is 0.306. The predicted molar refractivity (Wildman–Crippen MR) is 80.1 cm³/mol. The third-order valence-electron chi connectivity index (χ3n) is 4.17. The smallest absolute Gasteiger partial charge is 0.324 e. The summed E-state index contributed by atoms with van der Waals surface area (Å²) >= 11 is 1.58. The zero-order valence-electron chi connectivity index (χ0n) is 12.6. The fourth-order valence-corrected chi connectivity index (χ4v) is 3.95. The summed E-state index contributed by atoms with van der Waals surface area (Å²) in [6.45, 7) is 2.81. The normalized spacial score (nSPS) is 25.3. The number of hydrogen-bond acceptors (Lipinski definition) is 6. The summed E-state index contributed by atoms with van der Waals surface area (Å²) in [6.07, 6.45) is 4.48. The summed E-state index contributed by atoms with van der Waals surface area (Å²) in [7, 11) is 1.81. The van der Waals surface area contributed by atoms with Crippen molar-refractivity contribution in [3.63, 3.8) is 0 Å². The van der Waals surface area contributed by atoms with Gasteiger partial charge >= 0.3 is 5.97 Å². The number of rotatable bonds is 8. The quantitative estimate of drug-likeness (QED) is 0.699. The first-order chi connectivity index (χ1) is 10.1. The van der Waals surface area contributed by atoms with Crippen molar-refractivity contribution in [1.82, 2.24) is 25.5 Å². The number of aryl methyl sites for hydroxylation is 1. The van der Waals surface area contributed by atoms with E-state index in [0.717, 1.165) is 49.6 Å². The zero-order chi connectivity index (χ0) is 15.3. The Morgan fingerprint density at radius 2 is 2.43 bits per heavy atom. The van der Waals surface area contributed by atoms with E-state index in [1.807, 2.05) is 7.05 Å². The summed E-state index contributed by atoms with van der Waals surface area (Å²) in [5.41, 5.74) is -0.741. The van der Waals surface area contributed by atoms with Gasteiger partial charge in [0, 0.05) is 12.8 Å². The highest BCUT2D eigenvalue weighted by Gasteiger charge is 2.48. The highest BCUT2D eigenvalue weighted by atomic mass is 32.2. The van der Waals surface area contributed by atoms with Crippen molar-refractivity contribution in [1.29, 1.82) is 0 Å². The van der Waals surface area contributed by atoms with Gasteiger partial charge in [0.15, 0.2) is 0 Å². The van der Waals surface area contributed by atoms with E-state index < -0.39 is 11.5 Å². The molecule has 1 heterocycles. The highest BCUT2D eigenvalue weighted by molar-refractivity contribution is 7.99. The molecule has 1 saturated carbocycles. The van der Waals surface area contributed by atoms with Gasteiger partial charge in [-0.25, -0.2) is 4.68 Å². The maximum atomic E-state index is 11.8. The molecule has 2 N–H and O–H groups in total. The van der Waals surface area contributed by atoms with E-state index >= 15 is 0 Å². The van der Waals surface area contributed by atoms with Gasteiger partial charge in [0.25, 0.3) is 0 Å². The van der Waals surface area contributed by atoms with E-state index in [-0.39, 0.29) is 5.92 Å². The Kier molecular flexibility index (Phi) is 5.58. The molecule has 118 valence electrons. The van der Waals surface area contributed by atoms with Crippen molar-refractivity contribution in [2.24, 2.45) is 13.0 Å². The fraction of sp³-hybridized carbons (Fsp3) is 0.846. The lowest BCUT2D eigenvalue weighted by Gasteiger charge is -2.32. The van der Waals surface area contributed by atoms with Gasteiger partial charge in [-0.3, -0.25) is 4.79 Å². The molecule has 8 heteroatoms. The lowest BCUT2D eigenvalue weighted by molar-refractivity contribution is -0.146. The first-order valence-electron chi connectivity index (χ1n) is 7.43. The lowest BCUT2D eigenvalue weighted by Crippen LogP contribution is -2.55. The van der Waals surface area contributed by atoms with Crippen LogP contribution in [0.25, 0.3) is 0 Å². The molecule has 1 aromatic heterocycles. The number of tetrazole rings is 1. The van der Waals surface area contributed by atoms with Crippen molar-refractivity contribution in [3.8, 4) is 0 Å². The molecular formula is C13H23N5O2S. The van der Waals surface area contributed by atoms with E-state index in [1.54, 1.807) is 16.4 Å². The second-order valence-electron chi connectivity index (χ2n) is 5.51. The van der Waals surface area contributed by atoms with Gasteiger partial charge in [-0.15, -0.1) is 5.10 Å². The van der Waals surface area contributed by atoms with Crippen LogP contribution in [0.2, 0.25) is 0 Å². The number of aromatic nitrogens is 4. The molecular weight excluding hydrogens is 290 g/mol. The Bertz CT molecular complexity index is 481. The molecule has 0 bridgehead atoms. The largest absolute Gasteiger partial charge is 0.480 e. The monoisotopic (exact) mass is 313 g/mol. The van der Waals surface area contributed by atoms with Crippen LogP contribution in [-0.2, 0) is 11.8 Å². The van der Waals surface area contributed by atoms with Crippen LogP contribution < -0.4 is 5.32 Å². The fourth-order valence-electron chi connectivity index (χ4n) is 3.04. The standard InChI is InChI=1S/C13H23N5O2S/c1-3-8-14-13(11(19)20)7-4-5-10(13)6-9-21-12-15-16-17-18(12)2/h10,14H,3-9H2,1-2H3,(H,19,20). The number of nitrogens with zero attached hydrogens (tertiary/aromatic N) is 4. The van der Waals surface area contributed by atoms with Gasteiger partial charge < -0.3 is 10.4 Å². The average molecular weight is 313 g/mol. The van der Waals surface area contributed by atoms with Crippen molar-refractivity contribution in [3.05, 3.63) is 0 Å². The lowest BCUT2D eigenvalue weighted by atomic mass is 9.85. The molecule has 1 aliphatic rings. The molecule has 7 nitrogen and oxygen atoms in total. The molecule has 21 heavy (non-hydrogen) atoms. The molecule has 0 saturated heterocycles. The Morgan fingerprint density at radius 3 is 3.05 bits per heavy atom. The number of aliphatic carboxylic acids is 1. The Morgan fingerprint density at radius 1 is 1.62 bits per heavy atom. The molecule has 2 atom stereocenters. The molecule has 2 rings (SSSR count). The van der Waals surface area contributed by atoms with E-state index in [0.29, 0.717) is 0 Å². The maximum absolute atomic E-state index is 11.8. The Hall–Kier alpha value is -1.15. The summed E-state index contributed by atoms with van der Waals surface area (Å²) in [5, 5.41) is 25.1. The van der Waals surface area contributed by atoms with E-state index in [1.165, 1.54) is 0 Å². The SMILES string of the molecule is CCCNC1(C(=O)O)CCCC1CCSc1nnnn1C. The van der Waals surface area contributed by atoms with Crippen molar-refractivity contribution in [2.75, 3.05) is 12.3 Å². The van der Waals surface area contributed by atoms with Gasteiger partial charge in [-0.1, -0.05) is 25.1 Å². The van der Waals surface area contributed by atoms with Crippen molar-refractivity contribution >= 4 is 17.7 Å². The van der Waals surface area contributed by atoms with Crippen LogP contribution in [0.4, 0.5) is 0 Å². The minimum absolute atomic E-state index is 0.176. The van der Waals surface area contributed by atoms with Gasteiger partial charge in [0.1, 0.15) is 5.54 Å². The number of thioether (sulfide) groups is 1. The third kappa shape index (κ3) is 3.55. The van der Waals surface area contributed by atoms with Crippen LogP contribution in [0.15, 0.2) is 5.16 Å². The molecule has 1 fully saturated rings. The predicted octanol–water partition coefficient (Wildman–Crippen LogP) is 1.32. The highest BCUT2D eigenvalue weighted by Crippen LogP contribution is 2.39. The van der Waals surface area contributed by atoms with Gasteiger partial charge in [0.2, 0.25) is 5.16 Å². The first-order valence-corrected chi connectivity index (χ1v) is 8.42. The maximum Gasteiger partial charge on any atom is 0.324 e. The van der Waals surface area contributed by atoms with Gasteiger partial charge in [-0.05, 0) is 48.6 Å². The summed E-state index contributed by atoms with van der Waals surface area (Å²) < 4.78 is 1.64. The molecule has 0 aliphatic heterocycles. The zero-order valence-corrected chi connectivity index (χ0v) is 13.4. The van der Waals surface area contributed by atoms with Crippen LogP contribution in [-0.4, -0.2) is 49.1 Å². The third-order valence-corrected chi connectivity index (χ3v) is 5.22. The molecule has 2 unspecified atom stereocenters. The molecule has 1 aliphatic carbocycles. The van der Waals surface area contributed by atoms with Crippen LogP contribution in [0.5, 0.6) is 0 Å². The molecule has 0 aromatic carbocycles. The topological polar surface area (TPSA) is 92.9 Å². The summed E-state index contributed by atoms with van der Waals surface area (Å²) in [6, 6.07) is 0. The molecule has 0 radical (unpaired) electrons. The number of nitrogens with one attached hydrogen (secondary N) is 1. The van der Waals surface area contributed by atoms with E-state index in [9.17, 15) is 9.90 Å². The van der Waals surface area contributed by atoms with Crippen LogP contribution >= 0.6 is 11.8 Å². The molecule has 1 aromatic rings. The average Bonchev–Trinajstić information content (AvgIpc) is 3.04. The van der Waals surface area contributed by atoms with Crippen LogP contribution in [0.1, 0.15) is 39.0 Å². The minimum Gasteiger partial charge on any atom is -0.480 e. The van der Waals surface area contributed by atoms with Crippen LogP contribution in [0.3, 0.4) is 0 Å². The van der Waals surface area contributed by atoms with Crippen molar-refractivity contribution < 1.29 is 9.90 Å². The number of carboxylic acid groups (broad SMARTS) is 1. The number of hydrogen-bond donors (Lipinski definition) is 2. The number of carbonyl (C=O) groups is 1. The second kappa shape index (κ2) is 7.22. The Labute approximate surface area is 128 Å². The van der Waals surface area contributed by atoms with Crippen LogP contribution in [0, 0.1) is 5.92 Å². The molecule has 0 amide bonds. The first kappa shape index (κ1) is 16.2. The minimum atomic E-state index is -0.741. The van der Waals surface area contributed by atoms with Gasteiger partial charge in [0.05, 0.1) is 0 Å². The van der Waals surface area contributed by atoms with E-state index in [2.05, 4.69) is 27.8 Å².